The van der Waals surface area contributed by atoms with Gasteiger partial charge in [-0.15, -0.1) is 0 Å². The van der Waals surface area contributed by atoms with Crippen LogP contribution in [0.4, 0.5) is 0 Å². The lowest BCUT2D eigenvalue weighted by Crippen LogP contribution is -2.04. The summed E-state index contributed by atoms with van der Waals surface area (Å²) in [5.41, 5.74) is 0.487. The molecular weight excluding hydrogens is 174 g/mol. The number of carbonyl (C=O) groups is 1. The van der Waals surface area contributed by atoms with E-state index in [-0.39, 0.29) is 5.97 Å². The molecule has 0 aliphatic carbocycles. The van der Waals surface area contributed by atoms with Crippen molar-refractivity contribution in [2.24, 2.45) is 0 Å². The SMILES string of the molecule is CCOC(=O)c1cc[nH]c(=S)c1. The highest BCUT2D eigenvalue weighted by Gasteiger charge is 2.03. The molecule has 4 heteroatoms. The van der Waals surface area contributed by atoms with Crippen LogP contribution in [0.15, 0.2) is 18.3 Å². The van der Waals surface area contributed by atoms with Gasteiger partial charge in [-0.25, -0.2) is 4.79 Å². The van der Waals surface area contributed by atoms with Gasteiger partial charge in [0.05, 0.1) is 12.2 Å². The van der Waals surface area contributed by atoms with E-state index in [4.69, 9.17) is 17.0 Å². The maximum Gasteiger partial charge on any atom is 0.338 e. The van der Waals surface area contributed by atoms with Crippen molar-refractivity contribution in [2.75, 3.05) is 6.61 Å². The predicted octanol–water partition coefficient (Wildman–Crippen LogP) is 1.92. The summed E-state index contributed by atoms with van der Waals surface area (Å²) in [5, 5.41) is 0. The molecular formula is C8H9NO2S. The van der Waals surface area contributed by atoms with Crippen LogP contribution in [0.1, 0.15) is 17.3 Å². The maximum absolute atomic E-state index is 11.1. The molecule has 0 aliphatic heterocycles. The van der Waals surface area contributed by atoms with Crippen molar-refractivity contribution in [1.29, 1.82) is 0 Å². The lowest BCUT2D eigenvalue weighted by molar-refractivity contribution is 0.0526. The highest BCUT2D eigenvalue weighted by molar-refractivity contribution is 7.71. The molecule has 0 aliphatic rings. The largest absolute Gasteiger partial charge is 0.462 e. The summed E-state index contributed by atoms with van der Waals surface area (Å²) < 4.78 is 5.31. The fourth-order valence-corrected chi connectivity index (χ4v) is 0.981. The zero-order valence-electron chi connectivity index (χ0n) is 6.66. The van der Waals surface area contributed by atoms with Crippen molar-refractivity contribution in [3.05, 3.63) is 28.5 Å². The Hall–Kier alpha value is -1.16. The Balaban J connectivity index is 2.88. The first-order chi connectivity index (χ1) is 5.74. The summed E-state index contributed by atoms with van der Waals surface area (Å²) in [6, 6.07) is 3.21. The zero-order valence-corrected chi connectivity index (χ0v) is 7.48. The fourth-order valence-electron chi connectivity index (χ4n) is 0.786. The number of pyridine rings is 1. The number of ether oxygens (including phenoxy) is 1. The van der Waals surface area contributed by atoms with Crippen molar-refractivity contribution in [3.63, 3.8) is 0 Å². The summed E-state index contributed by atoms with van der Waals surface area (Å²) in [7, 11) is 0. The minimum atomic E-state index is -0.336. The monoisotopic (exact) mass is 183 g/mol. The van der Waals surface area contributed by atoms with Crippen molar-refractivity contribution in [1.82, 2.24) is 4.98 Å². The van der Waals surface area contributed by atoms with Crippen LogP contribution in [0.3, 0.4) is 0 Å². The predicted molar refractivity (Wildman–Crippen MR) is 47.6 cm³/mol. The molecule has 0 saturated carbocycles. The first-order valence-corrected chi connectivity index (χ1v) is 4.00. The third-order valence-electron chi connectivity index (χ3n) is 1.29. The average molecular weight is 183 g/mol. The highest BCUT2D eigenvalue weighted by atomic mass is 32.1. The molecule has 0 aromatic carbocycles. The molecule has 64 valence electrons. The fraction of sp³-hybridized carbons (Fsp3) is 0.250. The highest BCUT2D eigenvalue weighted by Crippen LogP contribution is 2.00. The Morgan fingerprint density at radius 2 is 2.50 bits per heavy atom. The number of hydrogen-bond donors (Lipinski definition) is 1. The number of carbonyl (C=O) groups excluding carboxylic acids is 1. The number of aromatic amines is 1. The number of esters is 1. The normalized spacial score (nSPS) is 9.42. The molecule has 0 spiro atoms. The smallest absolute Gasteiger partial charge is 0.338 e. The summed E-state index contributed by atoms with van der Waals surface area (Å²) in [4.78, 5) is 13.9. The van der Waals surface area contributed by atoms with Gasteiger partial charge in [-0.05, 0) is 19.1 Å². The number of aromatic nitrogens is 1. The van der Waals surface area contributed by atoms with Gasteiger partial charge in [0.2, 0.25) is 0 Å². The van der Waals surface area contributed by atoms with E-state index in [9.17, 15) is 4.79 Å². The molecule has 0 saturated heterocycles. The second-order valence-electron chi connectivity index (χ2n) is 2.16. The first-order valence-electron chi connectivity index (χ1n) is 3.60. The first kappa shape index (κ1) is 8.93. The minimum Gasteiger partial charge on any atom is -0.462 e. The van der Waals surface area contributed by atoms with Crippen molar-refractivity contribution in [2.45, 2.75) is 6.92 Å². The van der Waals surface area contributed by atoms with Gasteiger partial charge in [0.1, 0.15) is 4.64 Å². The molecule has 12 heavy (non-hydrogen) atoms. The van der Waals surface area contributed by atoms with Gasteiger partial charge in [0.15, 0.2) is 0 Å². The zero-order chi connectivity index (χ0) is 8.97. The van der Waals surface area contributed by atoms with Crippen molar-refractivity contribution in [3.8, 4) is 0 Å². The van der Waals surface area contributed by atoms with E-state index in [2.05, 4.69) is 4.98 Å². The van der Waals surface area contributed by atoms with Gasteiger partial charge in [0.25, 0.3) is 0 Å². The summed E-state index contributed by atoms with van der Waals surface area (Å²) >= 11 is 4.84. The minimum absolute atomic E-state index is 0.336. The molecule has 3 nitrogen and oxygen atoms in total. The Bertz CT molecular complexity index is 332. The Morgan fingerprint density at radius 3 is 3.08 bits per heavy atom. The van der Waals surface area contributed by atoms with Crippen LogP contribution in [-0.2, 0) is 4.74 Å². The summed E-state index contributed by atoms with van der Waals surface area (Å²) in [5.74, 6) is -0.336. The lowest BCUT2D eigenvalue weighted by atomic mass is 10.3. The van der Waals surface area contributed by atoms with Gasteiger partial charge in [0, 0.05) is 6.20 Å². The molecule has 0 bridgehead atoms. The molecule has 0 amide bonds. The third kappa shape index (κ3) is 2.17. The van der Waals surface area contributed by atoms with Crippen LogP contribution in [0.5, 0.6) is 0 Å². The van der Waals surface area contributed by atoms with Crippen LogP contribution < -0.4 is 0 Å². The van der Waals surface area contributed by atoms with Crippen LogP contribution in [0.2, 0.25) is 0 Å². The van der Waals surface area contributed by atoms with E-state index in [0.29, 0.717) is 16.8 Å². The van der Waals surface area contributed by atoms with Crippen LogP contribution in [0.25, 0.3) is 0 Å². The Labute approximate surface area is 75.4 Å². The van der Waals surface area contributed by atoms with E-state index in [1.807, 2.05) is 0 Å². The number of rotatable bonds is 2. The van der Waals surface area contributed by atoms with Crippen LogP contribution >= 0.6 is 12.2 Å². The van der Waals surface area contributed by atoms with E-state index in [0.717, 1.165) is 0 Å². The van der Waals surface area contributed by atoms with Gasteiger partial charge >= 0.3 is 5.97 Å². The van der Waals surface area contributed by atoms with Crippen LogP contribution in [-0.4, -0.2) is 17.6 Å². The molecule has 0 unspecified atom stereocenters. The molecule has 0 radical (unpaired) electrons. The third-order valence-corrected chi connectivity index (χ3v) is 1.52. The van der Waals surface area contributed by atoms with Gasteiger partial charge in [-0.2, -0.15) is 0 Å². The average Bonchev–Trinajstić information content (AvgIpc) is 2.05. The van der Waals surface area contributed by atoms with Gasteiger partial charge in [-0.1, -0.05) is 12.2 Å². The van der Waals surface area contributed by atoms with Crippen LogP contribution in [0, 0.1) is 4.64 Å². The van der Waals surface area contributed by atoms with Crippen molar-refractivity contribution < 1.29 is 9.53 Å². The number of H-pyrrole nitrogens is 1. The van der Waals surface area contributed by atoms with E-state index in [1.54, 1.807) is 25.3 Å². The molecule has 0 atom stereocenters. The Kier molecular flexibility index (Phi) is 2.99. The number of nitrogens with one attached hydrogen (secondary N) is 1. The molecule has 1 aromatic heterocycles. The van der Waals surface area contributed by atoms with E-state index >= 15 is 0 Å². The molecule has 1 N–H and O–H groups in total. The Morgan fingerprint density at radius 1 is 1.75 bits per heavy atom. The summed E-state index contributed by atoms with van der Waals surface area (Å²) in [6.45, 7) is 2.14. The van der Waals surface area contributed by atoms with E-state index < -0.39 is 0 Å². The lowest BCUT2D eigenvalue weighted by Gasteiger charge is -1.99. The molecule has 1 aromatic rings. The van der Waals surface area contributed by atoms with Gasteiger partial charge in [-0.3, -0.25) is 0 Å². The van der Waals surface area contributed by atoms with Crippen molar-refractivity contribution >= 4 is 18.2 Å². The van der Waals surface area contributed by atoms with Gasteiger partial charge < -0.3 is 9.72 Å². The molecule has 1 heterocycles. The second-order valence-corrected chi connectivity index (χ2v) is 2.60. The quantitative estimate of drug-likeness (QED) is 0.562. The second kappa shape index (κ2) is 4.01. The van der Waals surface area contributed by atoms with E-state index in [1.165, 1.54) is 0 Å². The topological polar surface area (TPSA) is 42.1 Å². The standard InChI is InChI=1S/C8H9NO2S/c1-2-11-8(10)6-3-4-9-7(12)5-6/h3-5H,2H2,1H3,(H,9,12). The maximum atomic E-state index is 11.1. The summed E-state index contributed by atoms with van der Waals surface area (Å²) in [6.07, 6.45) is 1.62. The molecule has 0 fully saturated rings. The number of hydrogen-bond acceptors (Lipinski definition) is 3. The molecule has 1 rings (SSSR count).